The maximum absolute atomic E-state index is 11.8. The van der Waals surface area contributed by atoms with Gasteiger partial charge in [0.15, 0.2) is 0 Å². The van der Waals surface area contributed by atoms with Crippen LogP contribution in [-0.2, 0) is 6.54 Å². The molecular formula is C12H18N2OS. The van der Waals surface area contributed by atoms with Gasteiger partial charge < -0.3 is 0 Å². The smallest absolute Gasteiger partial charge is 0.267 e. The summed E-state index contributed by atoms with van der Waals surface area (Å²) in [6.45, 7) is 2.61. The van der Waals surface area contributed by atoms with Gasteiger partial charge in [0.25, 0.3) is 5.56 Å². The van der Waals surface area contributed by atoms with E-state index in [1.54, 1.807) is 16.9 Å². The van der Waals surface area contributed by atoms with Crippen LogP contribution in [-0.4, -0.2) is 15.5 Å². The standard InChI is InChI=1S/C12H18N2OS/c1-10-6-11(15)14(13-7-10)8-12(9-16)4-2-3-5-12/h6-7,16H,2-5,8-9H2,1H3. The third-order valence-electron chi connectivity index (χ3n) is 3.49. The van der Waals surface area contributed by atoms with Gasteiger partial charge in [-0.25, -0.2) is 4.68 Å². The van der Waals surface area contributed by atoms with Crippen LogP contribution in [0.25, 0.3) is 0 Å². The minimum absolute atomic E-state index is 0.00746. The largest absolute Gasteiger partial charge is 0.268 e. The number of nitrogens with zero attached hydrogens (tertiary/aromatic N) is 2. The van der Waals surface area contributed by atoms with Crippen LogP contribution in [0.15, 0.2) is 17.1 Å². The zero-order valence-corrected chi connectivity index (χ0v) is 10.5. The van der Waals surface area contributed by atoms with E-state index in [4.69, 9.17) is 0 Å². The van der Waals surface area contributed by atoms with Crippen molar-refractivity contribution >= 4 is 12.6 Å². The summed E-state index contributed by atoms with van der Waals surface area (Å²) >= 11 is 4.44. The minimum atomic E-state index is 0.00746. The summed E-state index contributed by atoms with van der Waals surface area (Å²) in [5.41, 5.74) is 1.12. The molecule has 1 aromatic rings. The van der Waals surface area contributed by atoms with Gasteiger partial charge in [-0.05, 0) is 36.5 Å². The van der Waals surface area contributed by atoms with Crippen LogP contribution in [0.5, 0.6) is 0 Å². The molecule has 1 aliphatic rings. The summed E-state index contributed by atoms with van der Waals surface area (Å²) in [6, 6.07) is 1.65. The first-order valence-corrected chi connectivity index (χ1v) is 6.43. The Hall–Kier alpha value is -0.770. The van der Waals surface area contributed by atoms with E-state index in [0.29, 0.717) is 0 Å². The Balaban J connectivity index is 2.22. The van der Waals surface area contributed by atoms with Crippen molar-refractivity contribution in [1.29, 1.82) is 0 Å². The summed E-state index contributed by atoms with van der Waals surface area (Å²) in [5, 5.41) is 4.20. The van der Waals surface area contributed by atoms with E-state index in [2.05, 4.69) is 17.7 Å². The molecule has 1 heterocycles. The van der Waals surface area contributed by atoms with Gasteiger partial charge >= 0.3 is 0 Å². The van der Waals surface area contributed by atoms with Crippen LogP contribution < -0.4 is 5.56 Å². The predicted octanol–water partition coefficient (Wildman–Crippen LogP) is 2.04. The van der Waals surface area contributed by atoms with Crippen molar-refractivity contribution < 1.29 is 0 Å². The van der Waals surface area contributed by atoms with Gasteiger partial charge in [-0.2, -0.15) is 17.7 Å². The first-order chi connectivity index (χ1) is 7.65. The van der Waals surface area contributed by atoms with Crippen molar-refractivity contribution in [3.8, 4) is 0 Å². The fourth-order valence-electron chi connectivity index (χ4n) is 2.45. The molecule has 0 amide bonds. The average molecular weight is 238 g/mol. The molecule has 0 atom stereocenters. The SMILES string of the molecule is Cc1cnn(CC2(CS)CCCC2)c(=O)c1. The molecule has 16 heavy (non-hydrogen) atoms. The van der Waals surface area contributed by atoms with Crippen LogP contribution in [0, 0.1) is 12.3 Å². The fourth-order valence-corrected chi connectivity index (χ4v) is 2.87. The normalized spacial score (nSPS) is 18.9. The molecule has 0 aliphatic heterocycles. The van der Waals surface area contributed by atoms with Crippen LogP contribution in [0.3, 0.4) is 0 Å². The highest BCUT2D eigenvalue weighted by atomic mass is 32.1. The van der Waals surface area contributed by atoms with Gasteiger partial charge in [-0.1, -0.05) is 12.8 Å². The van der Waals surface area contributed by atoms with Crippen LogP contribution in [0.2, 0.25) is 0 Å². The quantitative estimate of drug-likeness (QED) is 0.818. The number of hydrogen-bond donors (Lipinski definition) is 1. The molecule has 3 nitrogen and oxygen atoms in total. The molecular weight excluding hydrogens is 220 g/mol. The summed E-state index contributed by atoms with van der Waals surface area (Å²) in [5.74, 6) is 0.842. The fraction of sp³-hybridized carbons (Fsp3) is 0.667. The van der Waals surface area contributed by atoms with Crippen LogP contribution in [0.1, 0.15) is 31.2 Å². The molecule has 0 bridgehead atoms. The van der Waals surface area contributed by atoms with E-state index in [1.165, 1.54) is 25.7 Å². The summed E-state index contributed by atoms with van der Waals surface area (Å²) in [6.07, 6.45) is 6.59. The first-order valence-electron chi connectivity index (χ1n) is 5.80. The molecule has 0 N–H and O–H groups in total. The number of rotatable bonds is 3. The molecule has 1 saturated carbocycles. The molecule has 0 aromatic carbocycles. The van der Waals surface area contributed by atoms with Crippen molar-refractivity contribution in [3.05, 3.63) is 28.2 Å². The summed E-state index contributed by atoms with van der Waals surface area (Å²) < 4.78 is 1.59. The van der Waals surface area contributed by atoms with Gasteiger partial charge in [0.05, 0.1) is 12.7 Å². The van der Waals surface area contributed by atoms with Gasteiger partial charge in [-0.15, -0.1) is 0 Å². The van der Waals surface area contributed by atoms with Gasteiger partial charge in [0.2, 0.25) is 0 Å². The van der Waals surface area contributed by atoms with Crippen molar-refractivity contribution in [2.24, 2.45) is 5.41 Å². The molecule has 88 valence electrons. The van der Waals surface area contributed by atoms with Crippen molar-refractivity contribution in [1.82, 2.24) is 9.78 Å². The lowest BCUT2D eigenvalue weighted by atomic mass is 9.88. The second-order valence-electron chi connectivity index (χ2n) is 4.89. The molecule has 4 heteroatoms. The number of aromatic nitrogens is 2. The molecule has 1 fully saturated rings. The lowest BCUT2D eigenvalue weighted by molar-refractivity contribution is 0.270. The van der Waals surface area contributed by atoms with E-state index in [-0.39, 0.29) is 11.0 Å². The lowest BCUT2D eigenvalue weighted by Crippen LogP contribution is -2.33. The maximum atomic E-state index is 11.8. The topological polar surface area (TPSA) is 34.9 Å². The van der Waals surface area contributed by atoms with Crippen molar-refractivity contribution in [3.63, 3.8) is 0 Å². The van der Waals surface area contributed by atoms with E-state index >= 15 is 0 Å². The van der Waals surface area contributed by atoms with Crippen molar-refractivity contribution in [2.75, 3.05) is 5.75 Å². The molecule has 2 rings (SSSR count). The minimum Gasteiger partial charge on any atom is -0.268 e. The summed E-state index contributed by atoms with van der Waals surface area (Å²) in [7, 11) is 0. The first kappa shape index (κ1) is 11.7. The molecule has 1 aliphatic carbocycles. The van der Waals surface area contributed by atoms with Gasteiger partial charge in [0.1, 0.15) is 0 Å². The Morgan fingerprint density at radius 3 is 2.75 bits per heavy atom. The number of thiol groups is 1. The second-order valence-corrected chi connectivity index (χ2v) is 5.21. The Bertz CT molecular complexity index is 421. The zero-order valence-electron chi connectivity index (χ0n) is 9.65. The number of aryl methyl sites for hydroxylation is 1. The molecule has 0 unspecified atom stereocenters. The molecule has 0 spiro atoms. The third-order valence-corrected chi connectivity index (χ3v) is 4.16. The van der Waals surface area contributed by atoms with Crippen LogP contribution >= 0.6 is 12.6 Å². The monoisotopic (exact) mass is 238 g/mol. The Kier molecular flexibility index (Phi) is 3.38. The lowest BCUT2D eigenvalue weighted by Gasteiger charge is -2.26. The van der Waals surface area contributed by atoms with E-state index in [1.807, 2.05) is 6.92 Å². The predicted molar refractivity (Wildman–Crippen MR) is 68.0 cm³/mol. The average Bonchev–Trinajstić information content (AvgIpc) is 2.72. The third kappa shape index (κ3) is 2.32. The Morgan fingerprint density at radius 2 is 2.19 bits per heavy atom. The van der Waals surface area contributed by atoms with Gasteiger partial charge in [-0.3, -0.25) is 4.79 Å². The molecule has 0 saturated heterocycles. The highest BCUT2D eigenvalue weighted by molar-refractivity contribution is 7.80. The highest BCUT2D eigenvalue weighted by Gasteiger charge is 2.33. The zero-order chi connectivity index (χ0) is 11.6. The second kappa shape index (κ2) is 4.62. The van der Waals surface area contributed by atoms with Gasteiger partial charge in [0, 0.05) is 6.07 Å². The Labute approximate surface area is 101 Å². The Morgan fingerprint density at radius 1 is 1.50 bits per heavy atom. The maximum Gasteiger partial charge on any atom is 0.267 e. The number of hydrogen-bond acceptors (Lipinski definition) is 3. The molecule has 1 aromatic heterocycles. The van der Waals surface area contributed by atoms with E-state index in [9.17, 15) is 4.79 Å². The highest BCUT2D eigenvalue weighted by Crippen LogP contribution is 2.39. The summed E-state index contributed by atoms with van der Waals surface area (Å²) in [4.78, 5) is 11.8. The van der Waals surface area contributed by atoms with Crippen molar-refractivity contribution in [2.45, 2.75) is 39.2 Å². The van der Waals surface area contributed by atoms with E-state index < -0.39 is 0 Å². The van der Waals surface area contributed by atoms with E-state index in [0.717, 1.165) is 17.9 Å². The van der Waals surface area contributed by atoms with Crippen LogP contribution in [0.4, 0.5) is 0 Å². The molecule has 0 radical (unpaired) electrons.